The molecule has 1 amide bonds. The third kappa shape index (κ3) is 5.68. The zero-order valence-corrected chi connectivity index (χ0v) is 23.4. The molecule has 0 aliphatic carbocycles. The highest BCUT2D eigenvalue weighted by Crippen LogP contribution is 2.34. The SMILES string of the molecule is CCn1cc(Cc2ccc(C(=O)NCc3nccs3)cc2-c2ccc(OC)cc2C(=O)O)c2ccc(C(=N)N)cc21. The zero-order chi connectivity index (χ0) is 29.1. The second kappa shape index (κ2) is 11.6. The molecule has 0 fully saturated rings. The Hall–Kier alpha value is -4.96. The standard InChI is InChI=1S/C31H29N5O4S/c1-3-36-17-21(23-8-6-19(29(32)33)14-27(23)36)12-18-4-5-20(30(37)35-16-28-34-10-11-41-28)13-25(18)24-9-7-22(40-2)15-26(24)31(38)39/h4-11,13-15,17H,3,12,16H2,1-2H3,(H3,32,33)(H,35,37)(H,38,39). The second-order valence-corrected chi connectivity index (χ2v) is 10.4. The predicted octanol–water partition coefficient (Wildman–Crippen LogP) is 5.30. The summed E-state index contributed by atoms with van der Waals surface area (Å²) in [6.07, 6.45) is 4.25. The zero-order valence-electron chi connectivity index (χ0n) is 22.6. The van der Waals surface area contributed by atoms with E-state index in [2.05, 4.69) is 21.1 Å². The Kier molecular flexibility index (Phi) is 7.84. The maximum atomic E-state index is 13.1. The van der Waals surface area contributed by atoms with E-state index in [1.54, 1.807) is 30.5 Å². The number of methoxy groups -OCH3 is 1. The maximum Gasteiger partial charge on any atom is 0.336 e. The van der Waals surface area contributed by atoms with Crippen LogP contribution in [0.2, 0.25) is 0 Å². The van der Waals surface area contributed by atoms with Crippen LogP contribution < -0.4 is 15.8 Å². The van der Waals surface area contributed by atoms with Crippen LogP contribution in [0.1, 0.15) is 49.3 Å². The van der Waals surface area contributed by atoms with Crippen molar-refractivity contribution >= 4 is 40.0 Å². The molecule has 0 saturated carbocycles. The molecule has 0 atom stereocenters. The molecule has 3 aromatic carbocycles. The smallest absolute Gasteiger partial charge is 0.336 e. The first-order chi connectivity index (χ1) is 19.8. The number of amidine groups is 1. The van der Waals surface area contributed by atoms with Gasteiger partial charge in [0, 0.05) is 52.8 Å². The Morgan fingerprint density at radius 2 is 1.88 bits per heavy atom. The minimum absolute atomic E-state index is 0.00372. The second-order valence-electron chi connectivity index (χ2n) is 9.46. The predicted molar refractivity (Wildman–Crippen MR) is 160 cm³/mol. The number of rotatable bonds is 10. The van der Waals surface area contributed by atoms with Crippen LogP contribution in [-0.4, -0.2) is 39.5 Å². The molecule has 0 unspecified atom stereocenters. The Balaban J connectivity index is 1.61. The molecule has 5 rings (SSSR count). The van der Waals surface area contributed by atoms with Crippen LogP contribution in [0, 0.1) is 5.41 Å². The third-order valence-corrected chi connectivity index (χ3v) is 7.78. The summed E-state index contributed by atoms with van der Waals surface area (Å²) >= 11 is 1.46. The number of fused-ring (bicyclic) bond motifs is 1. The summed E-state index contributed by atoms with van der Waals surface area (Å²) in [6.45, 7) is 3.07. The maximum absolute atomic E-state index is 13.1. The molecule has 5 aromatic rings. The number of carboxylic acid groups (broad SMARTS) is 1. The summed E-state index contributed by atoms with van der Waals surface area (Å²) in [6, 6.07) is 16.0. The molecule has 5 N–H and O–H groups in total. The van der Waals surface area contributed by atoms with Gasteiger partial charge in [-0.15, -0.1) is 11.3 Å². The number of nitrogen functional groups attached to an aromatic ring is 1. The quantitative estimate of drug-likeness (QED) is 0.133. The van der Waals surface area contributed by atoms with Gasteiger partial charge in [-0.3, -0.25) is 10.2 Å². The molecule has 208 valence electrons. The number of nitrogens with two attached hydrogens (primary N) is 1. The summed E-state index contributed by atoms with van der Waals surface area (Å²) in [5, 5.41) is 24.5. The van der Waals surface area contributed by atoms with E-state index in [9.17, 15) is 14.7 Å². The number of aryl methyl sites for hydroxylation is 1. The van der Waals surface area contributed by atoms with E-state index in [0.717, 1.165) is 33.6 Å². The van der Waals surface area contributed by atoms with Crippen LogP contribution in [0.15, 0.2) is 72.4 Å². The fourth-order valence-electron chi connectivity index (χ4n) is 4.93. The number of benzene rings is 3. The third-order valence-electron chi connectivity index (χ3n) is 7.00. The fraction of sp³-hybridized carbons (Fsp3) is 0.161. The van der Waals surface area contributed by atoms with Crippen molar-refractivity contribution < 1.29 is 19.4 Å². The van der Waals surface area contributed by atoms with Gasteiger partial charge in [0.15, 0.2) is 0 Å². The number of aromatic carboxylic acids is 1. The molecule has 0 aliphatic heterocycles. The summed E-state index contributed by atoms with van der Waals surface area (Å²) in [5.74, 6) is -0.943. The number of amides is 1. The van der Waals surface area contributed by atoms with Gasteiger partial charge in [-0.2, -0.15) is 0 Å². The fourth-order valence-corrected chi connectivity index (χ4v) is 5.48. The van der Waals surface area contributed by atoms with Gasteiger partial charge in [0.05, 0.1) is 19.2 Å². The normalized spacial score (nSPS) is 11.0. The first-order valence-electron chi connectivity index (χ1n) is 13.0. The number of thiazole rings is 1. The molecule has 0 aliphatic rings. The lowest BCUT2D eigenvalue weighted by Gasteiger charge is -2.15. The number of hydrogen-bond donors (Lipinski definition) is 4. The highest BCUT2D eigenvalue weighted by atomic mass is 32.1. The number of aromatic nitrogens is 2. The molecule has 41 heavy (non-hydrogen) atoms. The first kappa shape index (κ1) is 27.6. The van der Waals surface area contributed by atoms with E-state index in [1.807, 2.05) is 36.6 Å². The van der Waals surface area contributed by atoms with Crippen molar-refractivity contribution in [1.82, 2.24) is 14.9 Å². The lowest BCUT2D eigenvalue weighted by atomic mass is 9.90. The number of carbonyl (C=O) groups is 2. The van der Waals surface area contributed by atoms with Crippen LogP contribution in [-0.2, 0) is 19.5 Å². The topological polar surface area (TPSA) is 143 Å². The van der Waals surface area contributed by atoms with Gasteiger partial charge in [-0.25, -0.2) is 9.78 Å². The van der Waals surface area contributed by atoms with Crippen molar-refractivity contribution in [2.45, 2.75) is 26.4 Å². The van der Waals surface area contributed by atoms with Crippen molar-refractivity contribution in [3.8, 4) is 16.9 Å². The lowest BCUT2D eigenvalue weighted by Crippen LogP contribution is -2.22. The van der Waals surface area contributed by atoms with Crippen molar-refractivity contribution in [1.29, 1.82) is 5.41 Å². The molecule has 2 heterocycles. The van der Waals surface area contributed by atoms with Gasteiger partial charge < -0.3 is 25.5 Å². The molecule has 0 saturated heterocycles. The molecular weight excluding hydrogens is 538 g/mol. The van der Waals surface area contributed by atoms with Crippen LogP contribution in [0.3, 0.4) is 0 Å². The van der Waals surface area contributed by atoms with E-state index >= 15 is 0 Å². The van der Waals surface area contributed by atoms with Gasteiger partial charge in [-0.1, -0.05) is 18.2 Å². The van der Waals surface area contributed by atoms with Gasteiger partial charge in [0.2, 0.25) is 0 Å². The summed E-state index contributed by atoms with van der Waals surface area (Å²) < 4.78 is 7.39. The summed E-state index contributed by atoms with van der Waals surface area (Å²) in [4.78, 5) is 29.6. The Bertz CT molecular complexity index is 1780. The number of nitrogens with one attached hydrogen (secondary N) is 2. The van der Waals surface area contributed by atoms with Gasteiger partial charge in [0.25, 0.3) is 5.91 Å². The minimum atomic E-state index is -1.09. The highest BCUT2D eigenvalue weighted by Gasteiger charge is 2.20. The first-order valence-corrected chi connectivity index (χ1v) is 13.8. The van der Waals surface area contributed by atoms with Crippen LogP contribution in [0.5, 0.6) is 5.75 Å². The van der Waals surface area contributed by atoms with E-state index in [1.165, 1.54) is 24.5 Å². The number of hydrogen-bond acceptors (Lipinski definition) is 6. The number of nitrogens with zero attached hydrogens (tertiary/aromatic N) is 2. The summed E-state index contributed by atoms with van der Waals surface area (Å²) in [7, 11) is 1.49. The lowest BCUT2D eigenvalue weighted by molar-refractivity contribution is 0.0697. The number of ether oxygens (including phenoxy) is 1. The minimum Gasteiger partial charge on any atom is -0.497 e. The monoisotopic (exact) mass is 567 g/mol. The Labute approximate surface area is 240 Å². The van der Waals surface area contributed by atoms with Crippen molar-refractivity contribution in [3.63, 3.8) is 0 Å². The van der Waals surface area contributed by atoms with Gasteiger partial charge in [-0.05, 0) is 65.6 Å². The Morgan fingerprint density at radius 3 is 2.56 bits per heavy atom. The molecule has 2 aromatic heterocycles. The van der Waals surface area contributed by atoms with E-state index < -0.39 is 5.97 Å². The van der Waals surface area contributed by atoms with E-state index in [4.69, 9.17) is 15.9 Å². The molecule has 0 spiro atoms. The molecule has 0 radical (unpaired) electrons. The summed E-state index contributed by atoms with van der Waals surface area (Å²) in [5.41, 5.74) is 10.9. The number of carbonyl (C=O) groups excluding carboxylic acids is 1. The van der Waals surface area contributed by atoms with Crippen LogP contribution in [0.25, 0.3) is 22.0 Å². The average molecular weight is 568 g/mol. The Morgan fingerprint density at radius 1 is 1.07 bits per heavy atom. The van der Waals surface area contributed by atoms with Crippen molar-refractivity contribution in [2.24, 2.45) is 5.73 Å². The van der Waals surface area contributed by atoms with Crippen LogP contribution >= 0.6 is 11.3 Å². The van der Waals surface area contributed by atoms with Gasteiger partial charge in [0.1, 0.15) is 16.6 Å². The average Bonchev–Trinajstić information content (AvgIpc) is 3.63. The van der Waals surface area contributed by atoms with Gasteiger partial charge >= 0.3 is 5.97 Å². The van der Waals surface area contributed by atoms with Crippen LogP contribution in [0.4, 0.5) is 0 Å². The van der Waals surface area contributed by atoms with E-state index in [-0.39, 0.29) is 17.3 Å². The highest BCUT2D eigenvalue weighted by molar-refractivity contribution is 7.09. The van der Waals surface area contributed by atoms with Crippen molar-refractivity contribution in [2.75, 3.05) is 7.11 Å². The largest absolute Gasteiger partial charge is 0.497 e. The molecule has 0 bridgehead atoms. The van der Waals surface area contributed by atoms with E-state index in [0.29, 0.717) is 41.0 Å². The molecule has 9 nitrogen and oxygen atoms in total. The molecule has 10 heteroatoms. The molecular formula is C31H29N5O4S. The number of carboxylic acids is 1. The van der Waals surface area contributed by atoms with Crippen molar-refractivity contribution in [3.05, 3.63) is 105 Å².